The zero-order valence-corrected chi connectivity index (χ0v) is 7.45. The Morgan fingerprint density at radius 2 is 2.23 bits per heavy atom. The Morgan fingerprint density at radius 3 is 2.77 bits per heavy atom. The molecule has 68 valence electrons. The van der Waals surface area contributed by atoms with Crippen molar-refractivity contribution >= 4 is 23.3 Å². The molecule has 13 heavy (non-hydrogen) atoms. The van der Waals surface area contributed by atoms with Crippen LogP contribution >= 0.6 is 11.6 Å². The van der Waals surface area contributed by atoms with Crippen LogP contribution in [0.4, 0.5) is 0 Å². The zero-order valence-electron chi connectivity index (χ0n) is 6.70. The SMILES string of the molecule is NC(=O)/C=C(\O)c1cccc(Cl)c1. The molecule has 0 heterocycles. The molecule has 0 aromatic heterocycles. The van der Waals surface area contributed by atoms with Crippen molar-refractivity contribution in [3.05, 3.63) is 40.9 Å². The molecule has 1 aromatic rings. The Balaban J connectivity index is 3.02. The molecular formula is C9H8ClNO2. The lowest BCUT2D eigenvalue weighted by atomic mass is 10.2. The summed E-state index contributed by atoms with van der Waals surface area (Å²) in [5.41, 5.74) is 5.32. The standard InChI is InChI=1S/C9H8ClNO2/c10-7-3-1-2-6(4-7)8(12)5-9(11)13/h1-5,12H,(H2,11,13)/b8-5-. The minimum atomic E-state index is -0.697. The maximum atomic E-state index is 10.4. The van der Waals surface area contributed by atoms with Gasteiger partial charge in [-0.15, -0.1) is 0 Å². The van der Waals surface area contributed by atoms with Gasteiger partial charge in [0.05, 0.1) is 0 Å². The molecule has 0 aliphatic rings. The summed E-state index contributed by atoms with van der Waals surface area (Å²) in [6.07, 6.45) is 0.936. The van der Waals surface area contributed by atoms with Gasteiger partial charge in [-0.2, -0.15) is 0 Å². The number of carbonyl (C=O) groups is 1. The summed E-state index contributed by atoms with van der Waals surface area (Å²) in [7, 11) is 0. The predicted octanol–water partition coefficient (Wildman–Crippen LogP) is 1.72. The van der Waals surface area contributed by atoms with E-state index in [9.17, 15) is 9.90 Å². The Kier molecular flexibility index (Phi) is 2.93. The molecular weight excluding hydrogens is 190 g/mol. The van der Waals surface area contributed by atoms with Crippen molar-refractivity contribution in [1.29, 1.82) is 0 Å². The highest BCUT2D eigenvalue weighted by Crippen LogP contribution is 2.16. The number of hydrogen-bond acceptors (Lipinski definition) is 2. The molecule has 1 rings (SSSR count). The fourth-order valence-corrected chi connectivity index (χ4v) is 1.06. The van der Waals surface area contributed by atoms with Gasteiger partial charge >= 0.3 is 0 Å². The van der Waals surface area contributed by atoms with Gasteiger partial charge in [-0.05, 0) is 12.1 Å². The summed E-state index contributed by atoms with van der Waals surface area (Å²) in [4.78, 5) is 10.4. The van der Waals surface area contributed by atoms with Crippen LogP contribution in [0.15, 0.2) is 30.3 Å². The second kappa shape index (κ2) is 3.96. The number of benzene rings is 1. The number of hydrogen-bond donors (Lipinski definition) is 2. The van der Waals surface area contributed by atoms with Crippen molar-refractivity contribution in [2.45, 2.75) is 0 Å². The Morgan fingerprint density at radius 1 is 1.54 bits per heavy atom. The molecule has 4 heteroatoms. The van der Waals surface area contributed by atoms with Gasteiger partial charge in [-0.1, -0.05) is 23.7 Å². The average Bonchev–Trinajstić information content (AvgIpc) is 2.03. The first-order valence-electron chi connectivity index (χ1n) is 3.55. The van der Waals surface area contributed by atoms with E-state index in [2.05, 4.69) is 0 Å². The lowest BCUT2D eigenvalue weighted by Crippen LogP contribution is -2.06. The smallest absolute Gasteiger partial charge is 0.245 e. The largest absolute Gasteiger partial charge is 0.507 e. The van der Waals surface area contributed by atoms with Crippen LogP contribution in [0, 0.1) is 0 Å². The van der Waals surface area contributed by atoms with Crippen LogP contribution in [0.25, 0.3) is 5.76 Å². The highest BCUT2D eigenvalue weighted by molar-refractivity contribution is 6.30. The van der Waals surface area contributed by atoms with E-state index in [1.54, 1.807) is 18.2 Å². The third-order valence-corrected chi connectivity index (χ3v) is 1.63. The van der Waals surface area contributed by atoms with Gasteiger partial charge in [0.1, 0.15) is 5.76 Å². The molecule has 0 saturated heterocycles. The van der Waals surface area contributed by atoms with Gasteiger partial charge < -0.3 is 10.8 Å². The van der Waals surface area contributed by atoms with E-state index < -0.39 is 5.91 Å². The molecule has 1 amide bonds. The number of carbonyl (C=O) groups excluding carboxylic acids is 1. The maximum absolute atomic E-state index is 10.4. The molecule has 0 atom stereocenters. The third kappa shape index (κ3) is 2.80. The summed E-state index contributed by atoms with van der Waals surface area (Å²) in [5.74, 6) is -0.882. The summed E-state index contributed by atoms with van der Waals surface area (Å²) >= 11 is 5.67. The first-order valence-corrected chi connectivity index (χ1v) is 3.93. The van der Waals surface area contributed by atoms with E-state index in [1.165, 1.54) is 6.07 Å². The fraction of sp³-hybridized carbons (Fsp3) is 0. The Bertz CT molecular complexity index is 360. The molecule has 0 fully saturated rings. The number of aliphatic hydroxyl groups is 1. The first-order chi connectivity index (χ1) is 6.09. The van der Waals surface area contributed by atoms with Crippen molar-refractivity contribution < 1.29 is 9.90 Å². The highest BCUT2D eigenvalue weighted by Gasteiger charge is 2.00. The lowest BCUT2D eigenvalue weighted by molar-refractivity contribution is -0.113. The number of nitrogens with two attached hydrogens (primary N) is 1. The van der Waals surface area contributed by atoms with Crippen LogP contribution in [-0.4, -0.2) is 11.0 Å². The van der Waals surface area contributed by atoms with Crippen molar-refractivity contribution in [3.63, 3.8) is 0 Å². The van der Waals surface area contributed by atoms with E-state index in [1.807, 2.05) is 0 Å². The Hall–Kier alpha value is -1.48. The van der Waals surface area contributed by atoms with Gasteiger partial charge in [0, 0.05) is 16.7 Å². The minimum absolute atomic E-state index is 0.185. The van der Waals surface area contributed by atoms with Crippen LogP contribution in [0.2, 0.25) is 5.02 Å². The number of primary amides is 1. The quantitative estimate of drug-likeness (QED) is 0.560. The van der Waals surface area contributed by atoms with Gasteiger partial charge in [-0.3, -0.25) is 4.79 Å². The van der Waals surface area contributed by atoms with Crippen molar-refractivity contribution in [1.82, 2.24) is 0 Å². The summed E-state index contributed by atoms with van der Waals surface area (Å²) in [5, 5.41) is 9.80. The van der Waals surface area contributed by atoms with Crippen LogP contribution in [0.3, 0.4) is 0 Å². The van der Waals surface area contributed by atoms with Crippen LogP contribution in [0.1, 0.15) is 5.56 Å². The Labute approximate surface area is 80.4 Å². The van der Waals surface area contributed by atoms with E-state index in [0.29, 0.717) is 10.6 Å². The molecule has 0 aliphatic heterocycles. The predicted molar refractivity (Wildman–Crippen MR) is 51.3 cm³/mol. The van der Waals surface area contributed by atoms with Crippen LogP contribution < -0.4 is 5.73 Å². The topological polar surface area (TPSA) is 63.3 Å². The second-order valence-electron chi connectivity index (χ2n) is 2.44. The minimum Gasteiger partial charge on any atom is -0.507 e. The normalized spacial score (nSPS) is 11.3. The molecule has 0 bridgehead atoms. The third-order valence-electron chi connectivity index (χ3n) is 1.40. The van der Waals surface area contributed by atoms with Gasteiger partial charge in [0.2, 0.25) is 5.91 Å². The molecule has 0 saturated carbocycles. The van der Waals surface area contributed by atoms with Gasteiger partial charge in [0.25, 0.3) is 0 Å². The first kappa shape index (κ1) is 9.61. The summed E-state index contributed by atoms with van der Waals surface area (Å²) in [6.45, 7) is 0. The number of aliphatic hydroxyl groups excluding tert-OH is 1. The van der Waals surface area contributed by atoms with E-state index >= 15 is 0 Å². The average molecular weight is 198 g/mol. The number of halogens is 1. The monoisotopic (exact) mass is 197 g/mol. The number of amides is 1. The van der Waals surface area contributed by atoms with Crippen molar-refractivity contribution in [3.8, 4) is 0 Å². The maximum Gasteiger partial charge on any atom is 0.245 e. The zero-order chi connectivity index (χ0) is 9.84. The molecule has 0 radical (unpaired) electrons. The summed E-state index contributed by atoms with van der Waals surface area (Å²) in [6, 6.07) is 6.50. The molecule has 0 spiro atoms. The molecule has 3 N–H and O–H groups in total. The van der Waals surface area contributed by atoms with Crippen molar-refractivity contribution in [2.75, 3.05) is 0 Å². The second-order valence-corrected chi connectivity index (χ2v) is 2.88. The molecule has 3 nitrogen and oxygen atoms in total. The van der Waals surface area contributed by atoms with Crippen LogP contribution in [0.5, 0.6) is 0 Å². The van der Waals surface area contributed by atoms with E-state index in [0.717, 1.165) is 6.08 Å². The van der Waals surface area contributed by atoms with E-state index in [4.69, 9.17) is 17.3 Å². The lowest BCUT2D eigenvalue weighted by Gasteiger charge is -1.98. The van der Waals surface area contributed by atoms with E-state index in [-0.39, 0.29) is 5.76 Å². The summed E-state index contributed by atoms with van der Waals surface area (Å²) < 4.78 is 0. The number of rotatable bonds is 2. The van der Waals surface area contributed by atoms with Gasteiger partial charge in [0.15, 0.2) is 0 Å². The molecule has 1 aromatic carbocycles. The highest BCUT2D eigenvalue weighted by atomic mass is 35.5. The molecule has 0 aliphatic carbocycles. The van der Waals surface area contributed by atoms with Gasteiger partial charge in [-0.25, -0.2) is 0 Å². The molecule has 0 unspecified atom stereocenters. The fourth-order valence-electron chi connectivity index (χ4n) is 0.866. The van der Waals surface area contributed by atoms with Crippen molar-refractivity contribution in [2.24, 2.45) is 5.73 Å². The van der Waals surface area contributed by atoms with Crippen LogP contribution in [-0.2, 0) is 4.79 Å².